The Labute approximate surface area is 72.7 Å². The van der Waals surface area contributed by atoms with Crippen LogP contribution >= 0.6 is 0 Å². The van der Waals surface area contributed by atoms with Crippen LogP contribution in [0.25, 0.3) is 0 Å². The number of piperidine rings is 1. The Hall–Kier alpha value is -0.530. The van der Waals surface area contributed by atoms with Gasteiger partial charge in [-0.1, -0.05) is 12.8 Å². The Balaban J connectivity index is 1.81. The molecule has 0 spiro atoms. The third-order valence-corrected chi connectivity index (χ3v) is 4.19. The molecule has 2 aliphatic carbocycles. The van der Waals surface area contributed by atoms with Crippen LogP contribution in [-0.2, 0) is 4.79 Å². The molecule has 1 N–H and O–H groups in total. The maximum absolute atomic E-state index is 11.3. The monoisotopic (exact) mass is 165 g/mol. The van der Waals surface area contributed by atoms with Gasteiger partial charge in [0.2, 0.25) is 5.91 Å². The first-order valence-corrected chi connectivity index (χ1v) is 5.11. The van der Waals surface area contributed by atoms with E-state index in [2.05, 4.69) is 5.32 Å². The first-order chi connectivity index (χ1) is 5.83. The molecule has 3 fully saturated rings. The summed E-state index contributed by atoms with van der Waals surface area (Å²) in [7, 11) is 0. The highest BCUT2D eigenvalue weighted by Gasteiger charge is 2.65. The lowest BCUT2D eigenvalue weighted by molar-refractivity contribution is -0.120. The van der Waals surface area contributed by atoms with Crippen LogP contribution in [0.5, 0.6) is 0 Å². The normalized spacial score (nSPS) is 46.0. The van der Waals surface area contributed by atoms with Gasteiger partial charge in [0.1, 0.15) is 0 Å². The smallest absolute Gasteiger partial charge is 0.223 e. The lowest BCUT2D eigenvalue weighted by Crippen LogP contribution is -2.24. The number of fused-ring (bicyclic) bond motifs is 1. The average Bonchev–Trinajstić information content (AvgIpc) is 2.49. The van der Waals surface area contributed by atoms with Crippen molar-refractivity contribution in [2.24, 2.45) is 17.3 Å². The minimum Gasteiger partial charge on any atom is -0.355 e. The van der Waals surface area contributed by atoms with Gasteiger partial charge in [0.15, 0.2) is 0 Å². The second kappa shape index (κ2) is 2.04. The molecule has 1 aliphatic heterocycles. The minimum absolute atomic E-state index is 0.335. The number of hydrogen-bond acceptors (Lipinski definition) is 1. The molecule has 2 unspecified atom stereocenters. The fraction of sp³-hybridized carbons (Fsp3) is 0.900. The summed E-state index contributed by atoms with van der Waals surface area (Å²) in [5, 5.41) is 3.00. The molecule has 0 aromatic heterocycles. The standard InChI is InChI=1S/C10H15NO/c12-9-8-5-10(8,6-11-9)7-3-1-2-4-7/h7-8H,1-6H2,(H,11,12). The van der Waals surface area contributed by atoms with E-state index in [4.69, 9.17) is 0 Å². The molecule has 3 aliphatic rings. The highest BCUT2D eigenvalue weighted by atomic mass is 16.2. The van der Waals surface area contributed by atoms with Crippen molar-refractivity contribution in [2.45, 2.75) is 32.1 Å². The molecule has 3 rings (SSSR count). The van der Waals surface area contributed by atoms with Gasteiger partial charge in [0.25, 0.3) is 0 Å². The number of amides is 1. The van der Waals surface area contributed by atoms with Crippen molar-refractivity contribution < 1.29 is 4.79 Å². The molecule has 1 amide bonds. The van der Waals surface area contributed by atoms with Gasteiger partial charge < -0.3 is 5.32 Å². The van der Waals surface area contributed by atoms with Crippen molar-refractivity contribution >= 4 is 5.91 Å². The average molecular weight is 165 g/mol. The summed E-state index contributed by atoms with van der Waals surface area (Å²) < 4.78 is 0. The van der Waals surface area contributed by atoms with E-state index in [1.807, 2.05) is 0 Å². The summed E-state index contributed by atoms with van der Waals surface area (Å²) in [6.45, 7) is 0.987. The molecule has 2 atom stereocenters. The fourth-order valence-corrected chi connectivity index (χ4v) is 3.34. The number of nitrogens with one attached hydrogen (secondary N) is 1. The molecule has 2 heteroatoms. The van der Waals surface area contributed by atoms with Crippen LogP contribution in [0.15, 0.2) is 0 Å². The van der Waals surface area contributed by atoms with E-state index >= 15 is 0 Å². The lowest BCUT2D eigenvalue weighted by Gasteiger charge is -2.18. The quantitative estimate of drug-likeness (QED) is 0.623. The fourth-order valence-electron chi connectivity index (χ4n) is 3.34. The molecule has 1 saturated heterocycles. The van der Waals surface area contributed by atoms with Crippen LogP contribution in [-0.4, -0.2) is 12.5 Å². The van der Waals surface area contributed by atoms with E-state index in [1.165, 1.54) is 32.1 Å². The number of carbonyl (C=O) groups excluding carboxylic acids is 1. The van der Waals surface area contributed by atoms with Crippen LogP contribution < -0.4 is 5.32 Å². The summed E-state index contributed by atoms with van der Waals surface area (Å²) in [4.78, 5) is 11.3. The van der Waals surface area contributed by atoms with Gasteiger partial charge in [0.05, 0.1) is 0 Å². The molecule has 0 bridgehead atoms. The lowest BCUT2D eigenvalue weighted by atomic mass is 9.87. The van der Waals surface area contributed by atoms with Gasteiger partial charge in [-0.05, 0) is 25.2 Å². The molecule has 1 heterocycles. The Morgan fingerprint density at radius 1 is 1.33 bits per heavy atom. The largest absolute Gasteiger partial charge is 0.355 e. The third-order valence-electron chi connectivity index (χ3n) is 4.19. The van der Waals surface area contributed by atoms with Crippen LogP contribution in [0, 0.1) is 17.3 Å². The topological polar surface area (TPSA) is 29.1 Å². The van der Waals surface area contributed by atoms with Crippen molar-refractivity contribution in [3.05, 3.63) is 0 Å². The maximum Gasteiger partial charge on any atom is 0.223 e. The predicted molar refractivity (Wildman–Crippen MR) is 45.5 cm³/mol. The van der Waals surface area contributed by atoms with Gasteiger partial charge in [-0.15, -0.1) is 0 Å². The second-order valence-corrected chi connectivity index (χ2v) is 4.69. The molecule has 66 valence electrons. The van der Waals surface area contributed by atoms with Gasteiger partial charge in [-0.3, -0.25) is 4.79 Å². The Morgan fingerprint density at radius 3 is 2.58 bits per heavy atom. The summed E-state index contributed by atoms with van der Waals surface area (Å²) >= 11 is 0. The zero-order chi connectivity index (χ0) is 8.18. The SMILES string of the molecule is O=C1NCC2(C3CCCC3)CC12. The van der Waals surface area contributed by atoms with Gasteiger partial charge in [-0.25, -0.2) is 0 Å². The van der Waals surface area contributed by atoms with Gasteiger partial charge in [-0.2, -0.15) is 0 Å². The summed E-state index contributed by atoms with van der Waals surface area (Å²) in [5.74, 6) is 1.63. The first kappa shape index (κ1) is 6.93. The zero-order valence-corrected chi connectivity index (χ0v) is 7.31. The van der Waals surface area contributed by atoms with Gasteiger partial charge >= 0.3 is 0 Å². The number of rotatable bonds is 1. The zero-order valence-electron chi connectivity index (χ0n) is 7.31. The van der Waals surface area contributed by atoms with Crippen LogP contribution in [0.1, 0.15) is 32.1 Å². The Bertz CT molecular complexity index is 232. The summed E-state index contributed by atoms with van der Waals surface area (Å²) in [6.07, 6.45) is 6.75. The van der Waals surface area contributed by atoms with E-state index in [1.54, 1.807) is 0 Å². The van der Waals surface area contributed by atoms with E-state index in [9.17, 15) is 4.79 Å². The number of hydrogen-bond donors (Lipinski definition) is 1. The van der Waals surface area contributed by atoms with Crippen LogP contribution in [0.4, 0.5) is 0 Å². The molecular weight excluding hydrogens is 150 g/mol. The van der Waals surface area contributed by atoms with Crippen LogP contribution in [0.3, 0.4) is 0 Å². The molecular formula is C10H15NO. The van der Waals surface area contributed by atoms with Crippen molar-refractivity contribution in [3.8, 4) is 0 Å². The maximum atomic E-state index is 11.3. The van der Waals surface area contributed by atoms with Gasteiger partial charge in [0, 0.05) is 17.9 Å². The summed E-state index contributed by atoms with van der Waals surface area (Å²) in [6, 6.07) is 0. The molecule has 0 radical (unpaired) electrons. The minimum atomic E-state index is 0.335. The highest BCUT2D eigenvalue weighted by molar-refractivity contribution is 5.85. The molecule has 2 saturated carbocycles. The first-order valence-electron chi connectivity index (χ1n) is 5.11. The Morgan fingerprint density at radius 2 is 2.08 bits per heavy atom. The molecule has 12 heavy (non-hydrogen) atoms. The predicted octanol–water partition coefficient (Wildman–Crippen LogP) is 1.31. The van der Waals surface area contributed by atoms with Crippen LogP contribution in [0.2, 0.25) is 0 Å². The van der Waals surface area contributed by atoms with Crippen molar-refractivity contribution in [1.29, 1.82) is 0 Å². The van der Waals surface area contributed by atoms with Crippen molar-refractivity contribution in [1.82, 2.24) is 5.32 Å². The van der Waals surface area contributed by atoms with E-state index in [0.29, 0.717) is 17.2 Å². The van der Waals surface area contributed by atoms with E-state index in [0.717, 1.165) is 12.5 Å². The second-order valence-electron chi connectivity index (χ2n) is 4.69. The molecule has 0 aromatic carbocycles. The van der Waals surface area contributed by atoms with E-state index < -0.39 is 0 Å². The van der Waals surface area contributed by atoms with Crippen molar-refractivity contribution in [3.63, 3.8) is 0 Å². The Kier molecular flexibility index (Phi) is 1.18. The van der Waals surface area contributed by atoms with Crippen molar-refractivity contribution in [2.75, 3.05) is 6.54 Å². The van der Waals surface area contributed by atoms with E-state index in [-0.39, 0.29) is 0 Å². The summed E-state index contributed by atoms with van der Waals surface area (Å²) in [5.41, 5.74) is 0.452. The molecule has 2 nitrogen and oxygen atoms in total. The third kappa shape index (κ3) is 0.686. The highest BCUT2D eigenvalue weighted by Crippen LogP contribution is 2.63. The molecule has 0 aromatic rings. The number of carbonyl (C=O) groups is 1.